The molecule has 0 bridgehead atoms. The maximum absolute atomic E-state index is 7.90. The highest BCUT2D eigenvalue weighted by Crippen LogP contribution is 1.95. The third kappa shape index (κ3) is 4.77. The molecule has 0 spiro atoms. The molecule has 0 aliphatic carbocycles. The van der Waals surface area contributed by atoms with E-state index in [9.17, 15) is 0 Å². The lowest BCUT2D eigenvalue weighted by atomic mass is 10.2. The molecule has 0 saturated carbocycles. The van der Waals surface area contributed by atoms with Gasteiger partial charge in [-0.25, -0.2) is 0 Å². The average Bonchev–Trinajstić information content (AvgIpc) is 1.97. The van der Waals surface area contributed by atoms with Crippen molar-refractivity contribution in [3.05, 3.63) is 20.9 Å². The summed E-state index contributed by atoms with van der Waals surface area (Å²) in [6.45, 7) is 2.62. The minimum absolute atomic E-state index is 0.131. The summed E-state index contributed by atoms with van der Waals surface area (Å²) >= 11 is 0. The second-order valence-corrected chi connectivity index (χ2v) is 1.93. The predicted octanol–water partition coefficient (Wildman–Crippen LogP) is 2.24. The fourth-order valence-corrected chi connectivity index (χ4v) is 0.410. The summed E-state index contributed by atoms with van der Waals surface area (Å²) in [7, 11) is 0. The van der Waals surface area contributed by atoms with E-state index in [0.717, 1.165) is 0 Å². The normalized spacial score (nSPS) is 10.9. The Hall–Kier alpha value is -1.38. The Balaban J connectivity index is 3.52. The quantitative estimate of drug-likeness (QED) is 0.325. The Kier molecular flexibility index (Phi) is 4.96. The molecule has 0 aromatic carbocycles. The summed E-state index contributed by atoms with van der Waals surface area (Å²) in [6.07, 6.45) is 0. The highest BCUT2D eigenvalue weighted by atomic mass is 15.1. The molecule has 0 heterocycles. The molecule has 0 N–H and O–H groups in total. The van der Waals surface area contributed by atoms with E-state index in [1.165, 1.54) is 0 Å². The zero-order chi connectivity index (χ0) is 7.82. The van der Waals surface area contributed by atoms with Crippen molar-refractivity contribution in [3.8, 4) is 0 Å². The van der Waals surface area contributed by atoms with Gasteiger partial charge in [-0.15, -0.1) is 0 Å². The predicted molar refractivity (Wildman–Crippen MR) is 37.2 cm³/mol. The van der Waals surface area contributed by atoms with Gasteiger partial charge in [0, 0.05) is 22.9 Å². The molecule has 6 heteroatoms. The highest BCUT2D eigenvalue weighted by molar-refractivity contribution is 4.59. The lowest BCUT2D eigenvalue weighted by molar-refractivity contribution is 0.605. The smallest absolute Gasteiger partial charge is 0.0284 e. The van der Waals surface area contributed by atoms with Crippen LogP contribution in [0.1, 0.15) is 6.92 Å². The highest BCUT2D eigenvalue weighted by Gasteiger charge is 1.95. The van der Waals surface area contributed by atoms with Crippen molar-refractivity contribution < 1.29 is 0 Å². The summed E-state index contributed by atoms with van der Waals surface area (Å²) in [5.41, 5.74) is 15.8. The first-order valence-corrected chi connectivity index (χ1v) is 2.83. The van der Waals surface area contributed by atoms with Gasteiger partial charge in [0.2, 0.25) is 0 Å². The van der Waals surface area contributed by atoms with Crippen LogP contribution in [0.15, 0.2) is 10.2 Å². The summed E-state index contributed by atoms with van der Waals surface area (Å²) in [6, 6.07) is 0. The third-order valence-electron chi connectivity index (χ3n) is 0.913. The van der Waals surface area contributed by atoms with E-state index < -0.39 is 0 Å². The molecule has 0 radical (unpaired) electrons. The molecule has 0 saturated heterocycles. The van der Waals surface area contributed by atoms with Gasteiger partial charge in [0.25, 0.3) is 0 Å². The molecular formula is C4H8N6. The topological polar surface area (TPSA) is 97.5 Å². The molecule has 0 atom stereocenters. The van der Waals surface area contributed by atoms with Crippen molar-refractivity contribution in [2.24, 2.45) is 16.1 Å². The third-order valence-corrected chi connectivity index (χ3v) is 0.913. The van der Waals surface area contributed by atoms with Crippen molar-refractivity contribution in [3.63, 3.8) is 0 Å². The summed E-state index contributed by atoms with van der Waals surface area (Å²) < 4.78 is 0. The zero-order valence-corrected chi connectivity index (χ0v) is 5.67. The van der Waals surface area contributed by atoms with E-state index in [0.29, 0.717) is 13.1 Å². The number of hydrogen-bond donors (Lipinski definition) is 0. The number of hydrogen-bond acceptors (Lipinski definition) is 2. The first-order valence-electron chi connectivity index (χ1n) is 2.83. The molecule has 0 rings (SSSR count). The molecule has 0 aliphatic rings. The van der Waals surface area contributed by atoms with Gasteiger partial charge >= 0.3 is 0 Å². The lowest BCUT2D eigenvalue weighted by Gasteiger charge is -1.99. The fraction of sp³-hybridized carbons (Fsp3) is 1.00. The van der Waals surface area contributed by atoms with Crippen LogP contribution in [0.5, 0.6) is 0 Å². The van der Waals surface area contributed by atoms with Gasteiger partial charge in [-0.2, -0.15) is 0 Å². The van der Waals surface area contributed by atoms with Crippen LogP contribution in [0.3, 0.4) is 0 Å². The van der Waals surface area contributed by atoms with E-state index in [1.54, 1.807) is 0 Å². The van der Waals surface area contributed by atoms with Crippen molar-refractivity contribution in [2.75, 3.05) is 13.1 Å². The first kappa shape index (κ1) is 8.62. The average molecular weight is 140 g/mol. The van der Waals surface area contributed by atoms with Gasteiger partial charge in [-0.1, -0.05) is 17.2 Å². The second-order valence-electron chi connectivity index (χ2n) is 1.93. The Labute approximate surface area is 58.1 Å². The van der Waals surface area contributed by atoms with E-state index in [2.05, 4.69) is 20.1 Å². The number of rotatable bonds is 4. The van der Waals surface area contributed by atoms with Crippen LogP contribution in [-0.2, 0) is 0 Å². The van der Waals surface area contributed by atoms with E-state index >= 15 is 0 Å². The molecule has 0 amide bonds. The summed E-state index contributed by atoms with van der Waals surface area (Å²) in [5, 5.41) is 6.64. The van der Waals surface area contributed by atoms with Crippen molar-refractivity contribution in [1.82, 2.24) is 0 Å². The second kappa shape index (κ2) is 5.75. The van der Waals surface area contributed by atoms with Gasteiger partial charge in [-0.3, -0.25) is 0 Å². The fourth-order valence-electron chi connectivity index (χ4n) is 0.410. The van der Waals surface area contributed by atoms with Crippen LogP contribution in [0.2, 0.25) is 0 Å². The molecule has 54 valence electrons. The van der Waals surface area contributed by atoms with Crippen LogP contribution in [0, 0.1) is 5.92 Å². The maximum Gasteiger partial charge on any atom is 0.0284 e. The Morgan fingerprint density at radius 1 is 1.20 bits per heavy atom. The molecule has 0 fully saturated rings. The number of nitrogens with zero attached hydrogens (tertiary/aromatic N) is 6. The van der Waals surface area contributed by atoms with Gasteiger partial charge in [0.1, 0.15) is 0 Å². The Morgan fingerprint density at radius 2 is 1.60 bits per heavy atom. The minimum Gasteiger partial charge on any atom is -0.0937 e. The molecule has 0 unspecified atom stereocenters. The van der Waals surface area contributed by atoms with Gasteiger partial charge < -0.3 is 0 Å². The van der Waals surface area contributed by atoms with Crippen molar-refractivity contribution in [2.45, 2.75) is 6.92 Å². The van der Waals surface area contributed by atoms with Crippen LogP contribution in [0.25, 0.3) is 20.9 Å². The van der Waals surface area contributed by atoms with Gasteiger partial charge in [-0.05, 0) is 17.0 Å². The minimum atomic E-state index is 0.131. The van der Waals surface area contributed by atoms with Crippen molar-refractivity contribution >= 4 is 0 Å². The summed E-state index contributed by atoms with van der Waals surface area (Å²) in [5.74, 6) is 0.131. The van der Waals surface area contributed by atoms with E-state index in [1.807, 2.05) is 6.92 Å². The Bertz CT molecular complexity index is 154. The van der Waals surface area contributed by atoms with E-state index in [4.69, 9.17) is 11.1 Å². The summed E-state index contributed by atoms with van der Waals surface area (Å²) in [4.78, 5) is 5.15. The van der Waals surface area contributed by atoms with Crippen molar-refractivity contribution in [1.29, 1.82) is 0 Å². The SMILES string of the molecule is CC(CN=[N+]=[N-])CN=[N+]=[N-]. The monoisotopic (exact) mass is 140 g/mol. The lowest BCUT2D eigenvalue weighted by Crippen LogP contribution is -2.01. The van der Waals surface area contributed by atoms with Crippen LogP contribution in [-0.4, -0.2) is 13.1 Å². The molecule has 0 aromatic rings. The number of azide groups is 2. The van der Waals surface area contributed by atoms with Crippen LogP contribution < -0.4 is 0 Å². The largest absolute Gasteiger partial charge is 0.0937 e. The van der Waals surface area contributed by atoms with E-state index in [-0.39, 0.29) is 5.92 Å². The Morgan fingerprint density at radius 3 is 1.90 bits per heavy atom. The molecular weight excluding hydrogens is 132 g/mol. The molecule has 10 heavy (non-hydrogen) atoms. The first-order chi connectivity index (χ1) is 4.81. The van der Waals surface area contributed by atoms with Crippen LogP contribution in [0.4, 0.5) is 0 Å². The molecule has 0 aliphatic heterocycles. The maximum atomic E-state index is 7.90. The molecule has 0 aromatic heterocycles. The van der Waals surface area contributed by atoms with Crippen LogP contribution >= 0.6 is 0 Å². The standard InChI is InChI=1S/C4H8N6/c1-4(2-7-9-5)3-8-10-6/h4H,2-3H2,1H3. The molecule has 6 nitrogen and oxygen atoms in total. The van der Waals surface area contributed by atoms with Gasteiger partial charge in [0.15, 0.2) is 0 Å². The van der Waals surface area contributed by atoms with Gasteiger partial charge in [0.05, 0.1) is 0 Å². The zero-order valence-electron chi connectivity index (χ0n) is 5.67.